The number of fused-ring (bicyclic) bond motifs is 1. The molecule has 2 aromatic carbocycles. The summed E-state index contributed by atoms with van der Waals surface area (Å²) < 4.78 is 5.52. The SMILES string of the molecule is Cc1ccc(Cl)cc1C(N)c1ccc2c(c1)CCO2. The van der Waals surface area contributed by atoms with Crippen molar-refractivity contribution in [2.75, 3.05) is 6.61 Å². The van der Waals surface area contributed by atoms with E-state index in [1.807, 2.05) is 30.3 Å². The summed E-state index contributed by atoms with van der Waals surface area (Å²) in [6.45, 7) is 2.83. The van der Waals surface area contributed by atoms with E-state index in [0.29, 0.717) is 0 Å². The van der Waals surface area contributed by atoms with Gasteiger partial charge in [0.05, 0.1) is 12.6 Å². The van der Waals surface area contributed by atoms with Crippen LogP contribution < -0.4 is 10.5 Å². The summed E-state index contributed by atoms with van der Waals surface area (Å²) in [7, 11) is 0. The molecule has 3 heteroatoms. The Hall–Kier alpha value is -1.51. The zero-order valence-corrected chi connectivity index (χ0v) is 11.6. The lowest BCUT2D eigenvalue weighted by molar-refractivity contribution is 0.357. The third-order valence-electron chi connectivity index (χ3n) is 3.65. The zero-order chi connectivity index (χ0) is 13.4. The summed E-state index contributed by atoms with van der Waals surface area (Å²) in [4.78, 5) is 0. The van der Waals surface area contributed by atoms with E-state index >= 15 is 0 Å². The molecule has 0 aromatic heterocycles. The lowest BCUT2D eigenvalue weighted by Gasteiger charge is -2.16. The summed E-state index contributed by atoms with van der Waals surface area (Å²) >= 11 is 6.07. The molecular weight excluding hydrogens is 258 g/mol. The van der Waals surface area contributed by atoms with Gasteiger partial charge in [-0.3, -0.25) is 0 Å². The summed E-state index contributed by atoms with van der Waals surface area (Å²) in [6, 6.07) is 11.9. The van der Waals surface area contributed by atoms with Crippen LogP contribution in [0.3, 0.4) is 0 Å². The highest BCUT2D eigenvalue weighted by atomic mass is 35.5. The highest BCUT2D eigenvalue weighted by Gasteiger charge is 2.17. The van der Waals surface area contributed by atoms with Crippen molar-refractivity contribution in [2.45, 2.75) is 19.4 Å². The van der Waals surface area contributed by atoms with Gasteiger partial charge in [0.25, 0.3) is 0 Å². The first-order chi connectivity index (χ1) is 9.15. The van der Waals surface area contributed by atoms with Gasteiger partial charge in [-0.2, -0.15) is 0 Å². The van der Waals surface area contributed by atoms with Crippen LogP contribution in [0.25, 0.3) is 0 Å². The molecule has 1 aliphatic heterocycles. The minimum absolute atomic E-state index is 0.149. The first-order valence-corrected chi connectivity index (χ1v) is 6.80. The Morgan fingerprint density at radius 3 is 2.89 bits per heavy atom. The van der Waals surface area contributed by atoms with Crippen LogP contribution in [0, 0.1) is 6.92 Å². The van der Waals surface area contributed by atoms with Crippen molar-refractivity contribution in [3.8, 4) is 5.75 Å². The highest BCUT2D eigenvalue weighted by molar-refractivity contribution is 6.30. The molecule has 0 saturated heterocycles. The second kappa shape index (κ2) is 4.87. The third-order valence-corrected chi connectivity index (χ3v) is 3.88. The van der Waals surface area contributed by atoms with Crippen LogP contribution in [-0.2, 0) is 6.42 Å². The van der Waals surface area contributed by atoms with E-state index in [2.05, 4.69) is 13.0 Å². The second-order valence-corrected chi connectivity index (χ2v) is 5.38. The van der Waals surface area contributed by atoms with Gasteiger partial charge in [0.15, 0.2) is 0 Å². The molecule has 0 bridgehead atoms. The second-order valence-electron chi connectivity index (χ2n) is 4.94. The molecule has 0 fully saturated rings. The molecule has 1 aliphatic rings. The van der Waals surface area contributed by atoms with Gasteiger partial charge in [-0.25, -0.2) is 0 Å². The molecule has 2 N–H and O–H groups in total. The summed E-state index contributed by atoms with van der Waals surface area (Å²) in [5.41, 5.74) is 11.0. The number of nitrogens with two attached hydrogens (primary N) is 1. The molecule has 0 aliphatic carbocycles. The standard InChI is InChI=1S/C16H16ClNO/c1-10-2-4-13(17)9-14(10)16(18)12-3-5-15-11(8-12)6-7-19-15/h2-5,8-9,16H,6-7,18H2,1H3. The van der Waals surface area contributed by atoms with Crippen LogP contribution >= 0.6 is 11.6 Å². The van der Waals surface area contributed by atoms with Crippen LogP contribution in [0.2, 0.25) is 5.02 Å². The molecule has 0 amide bonds. The van der Waals surface area contributed by atoms with Crippen molar-refractivity contribution >= 4 is 11.6 Å². The highest BCUT2D eigenvalue weighted by Crippen LogP contribution is 2.31. The largest absolute Gasteiger partial charge is 0.493 e. The Balaban J connectivity index is 1.99. The van der Waals surface area contributed by atoms with Crippen molar-refractivity contribution in [1.29, 1.82) is 0 Å². The van der Waals surface area contributed by atoms with Crippen molar-refractivity contribution in [3.05, 3.63) is 63.7 Å². The predicted molar refractivity (Wildman–Crippen MR) is 77.9 cm³/mol. The molecule has 3 rings (SSSR count). The van der Waals surface area contributed by atoms with Gasteiger partial charge in [-0.15, -0.1) is 0 Å². The maximum absolute atomic E-state index is 6.38. The first kappa shape index (κ1) is 12.5. The third kappa shape index (κ3) is 2.34. The number of hydrogen-bond donors (Lipinski definition) is 1. The Labute approximate surface area is 118 Å². The monoisotopic (exact) mass is 273 g/mol. The minimum Gasteiger partial charge on any atom is -0.493 e. The van der Waals surface area contributed by atoms with Crippen LogP contribution in [0.15, 0.2) is 36.4 Å². The summed E-state index contributed by atoms with van der Waals surface area (Å²) in [6.07, 6.45) is 0.963. The van der Waals surface area contributed by atoms with Crippen LogP contribution in [0.1, 0.15) is 28.3 Å². The maximum Gasteiger partial charge on any atom is 0.122 e. The van der Waals surface area contributed by atoms with E-state index in [4.69, 9.17) is 22.1 Å². The molecule has 1 atom stereocenters. The van der Waals surface area contributed by atoms with E-state index < -0.39 is 0 Å². The Bertz CT molecular complexity index is 624. The molecule has 2 nitrogen and oxygen atoms in total. The number of aryl methyl sites for hydroxylation is 1. The number of hydrogen-bond acceptors (Lipinski definition) is 2. The van der Waals surface area contributed by atoms with E-state index in [1.54, 1.807) is 0 Å². The summed E-state index contributed by atoms with van der Waals surface area (Å²) in [5.74, 6) is 0.985. The Morgan fingerprint density at radius 1 is 1.21 bits per heavy atom. The van der Waals surface area contributed by atoms with Gasteiger partial charge in [0, 0.05) is 11.4 Å². The van der Waals surface area contributed by atoms with Gasteiger partial charge in [0.1, 0.15) is 5.75 Å². The topological polar surface area (TPSA) is 35.2 Å². The normalized spacial score (nSPS) is 14.9. The average molecular weight is 274 g/mol. The number of benzene rings is 2. The molecule has 1 heterocycles. The smallest absolute Gasteiger partial charge is 0.122 e. The fourth-order valence-electron chi connectivity index (χ4n) is 2.53. The molecule has 1 unspecified atom stereocenters. The van der Waals surface area contributed by atoms with E-state index in [0.717, 1.165) is 40.5 Å². The maximum atomic E-state index is 6.38. The Morgan fingerprint density at radius 2 is 2.05 bits per heavy atom. The van der Waals surface area contributed by atoms with Gasteiger partial charge >= 0.3 is 0 Å². The summed E-state index contributed by atoms with van der Waals surface area (Å²) in [5, 5.41) is 0.723. The number of halogens is 1. The molecule has 0 radical (unpaired) electrons. The molecule has 19 heavy (non-hydrogen) atoms. The molecule has 0 saturated carbocycles. The average Bonchev–Trinajstić information content (AvgIpc) is 2.88. The Kier molecular flexibility index (Phi) is 3.21. The fraction of sp³-hybridized carbons (Fsp3) is 0.250. The predicted octanol–water partition coefficient (Wildman–Crippen LogP) is 3.63. The van der Waals surface area contributed by atoms with Crippen LogP contribution in [-0.4, -0.2) is 6.61 Å². The van der Waals surface area contributed by atoms with Crippen molar-refractivity contribution in [1.82, 2.24) is 0 Å². The molecule has 2 aromatic rings. The van der Waals surface area contributed by atoms with Crippen molar-refractivity contribution in [3.63, 3.8) is 0 Å². The molecular formula is C16H16ClNO. The van der Waals surface area contributed by atoms with Gasteiger partial charge in [-0.1, -0.05) is 29.8 Å². The fourth-order valence-corrected chi connectivity index (χ4v) is 2.71. The molecule has 98 valence electrons. The van der Waals surface area contributed by atoms with Crippen molar-refractivity contribution < 1.29 is 4.74 Å². The first-order valence-electron chi connectivity index (χ1n) is 6.42. The quantitative estimate of drug-likeness (QED) is 0.907. The van der Waals surface area contributed by atoms with Gasteiger partial charge in [0.2, 0.25) is 0 Å². The van der Waals surface area contributed by atoms with Gasteiger partial charge in [-0.05, 0) is 47.4 Å². The zero-order valence-electron chi connectivity index (χ0n) is 10.8. The number of rotatable bonds is 2. The van der Waals surface area contributed by atoms with Crippen molar-refractivity contribution in [2.24, 2.45) is 5.73 Å². The van der Waals surface area contributed by atoms with Crippen LogP contribution in [0.4, 0.5) is 0 Å². The number of ether oxygens (including phenoxy) is 1. The van der Waals surface area contributed by atoms with E-state index in [-0.39, 0.29) is 6.04 Å². The lowest BCUT2D eigenvalue weighted by Crippen LogP contribution is -2.13. The van der Waals surface area contributed by atoms with Crippen LogP contribution in [0.5, 0.6) is 5.75 Å². The molecule has 0 spiro atoms. The van der Waals surface area contributed by atoms with Gasteiger partial charge < -0.3 is 10.5 Å². The lowest BCUT2D eigenvalue weighted by atomic mass is 9.94. The minimum atomic E-state index is -0.149. The van der Waals surface area contributed by atoms with E-state index in [9.17, 15) is 0 Å². The van der Waals surface area contributed by atoms with E-state index in [1.165, 1.54) is 5.56 Å².